The minimum absolute atomic E-state index is 0.0745. The van der Waals surface area contributed by atoms with Crippen LogP contribution in [0.15, 0.2) is 33.9 Å². The van der Waals surface area contributed by atoms with Crippen molar-refractivity contribution in [1.82, 2.24) is 29.6 Å². The van der Waals surface area contributed by atoms with Gasteiger partial charge in [-0.25, -0.2) is 9.36 Å². The molecule has 2 aromatic rings. The summed E-state index contributed by atoms with van der Waals surface area (Å²) < 4.78 is 18.0. The zero-order chi connectivity index (χ0) is 33.6. The second kappa shape index (κ2) is 18.5. The molecule has 0 spiro atoms. The van der Waals surface area contributed by atoms with E-state index in [0.717, 1.165) is 48.4 Å². The van der Waals surface area contributed by atoms with Gasteiger partial charge in [-0.2, -0.15) is 0 Å². The number of benzene rings is 1. The van der Waals surface area contributed by atoms with E-state index in [-0.39, 0.29) is 11.4 Å². The summed E-state index contributed by atoms with van der Waals surface area (Å²) in [6.07, 6.45) is 1.39. The zero-order valence-corrected chi connectivity index (χ0v) is 27.5. The normalized spacial score (nSPS) is 15.6. The molecule has 47 heavy (non-hydrogen) atoms. The number of ether oxygens (including phenoxy) is 3. The lowest BCUT2D eigenvalue weighted by Gasteiger charge is -2.26. The minimum Gasteiger partial charge on any atom is -0.484 e. The fourth-order valence-electron chi connectivity index (χ4n) is 5.23. The van der Waals surface area contributed by atoms with E-state index in [0.29, 0.717) is 63.1 Å². The van der Waals surface area contributed by atoms with Gasteiger partial charge in [-0.3, -0.25) is 33.5 Å². The van der Waals surface area contributed by atoms with Crippen LogP contribution in [-0.2, 0) is 36.9 Å². The van der Waals surface area contributed by atoms with Crippen molar-refractivity contribution in [1.29, 1.82) is 0 Å². The molecule has 258 valence electrons. The molecule has 0 bridgehead atoms. The molecule has 3 amide bonds. The third-order valence-electron chi connectivity index (χ3n) is 7.89. The fraction of sp³-hybridized carbons (Fsp3) is 0.581. The standard InChI is InChI=1S/C31H44ClN7O8/c1-23-29(35-28(42)22-47-25-6-4-24(32)5-7-25)30(43)39(21-27(41)34-9-3-11-37-14-18-46-19-15-37)31(44)38(23)20-26(40)33-8-2-10-36-12-16-45-17-13-36/h4-7H,2-3,8-22H2,1H3,(H,33,40)(H,34,41)(H,35,42). The Labute approximate surface area is 278 Å². The van der Waals surface area contributed by atoms with Crippen LogP contribution in [0.4, 0.5) is 5.69 Å². The number of carbonyl (C=O) groups excluding carboxylic acids is 3. The van der Waals surface area contributed by atoms with Crippen molar-refractivity contribution in [3.63, 3.8) is 0 Å². The van der Waals surface area contributed by atoms with Crippen molar-refractivity contribution < 1.29 is 28.6 Å². The Bertz CT molecular complexity index is 1470. The third-order valence-corrected chi connectivity index (χ3v) is 8.14. The van der Waals surface area contributed by atoms with Gasteiger partial charge in [0.25, 0.3) is 11.5 Å². The first-order valence-corrected chi connectivity index (χ1v) is 16.2. The average molecular weight is 678 g/mol. The summed E-state index contributed by atoms with van der Waals surface area (Å²) in [6, 6.07) is 6.39. The van der Waals surface area contributed by atoms with Crippen molar-refractivity contribution in [3.8, 4) is 5.75 Å². The highest BCUT2D eigenvalue weighted by Crippen LogP contribution is 2.15. The number of morpholine rings is 2. The molecule has 2 aliphatic heterocycles. The molecule has 2 aliphatic rings. The topological polar surface area (TPSA) is 165 Å². The van der Waals surface area contributed by atoms with E-state index in [4.69, 9.17) is 25.8 Å². The molecule has 15 nitrogen and oxygen atoms in total. The number of anilines is 1. The van der Waals surface area contributed by atoms with Gasteiger partial charge < -0.3 is 30.2 Å². The van der Waals surface area contributed by atoms with Crippen LogP contribution in [0, 0.1) is 6.92 Å². The Kier molecular flexibility index (Phi) is 14.2. The van der Waals surface area contributed by atoms with Gasteiger partial charge in [-0.15, -0.1) is 0 Å². The van der Waals surface area contributed by atoms with Crippen molar-refractivity contribution in [2.75, 3.05) is 90.7 Å². The number of hydrogen-bond acceptors (Lipinski definition) is 10. The van der Waals surface area contributed by atoms with E-state index < -0.39 is 48.7 Å². The molecule has 0 atom stereocenters. The SMILES string of the molecule is Cc1c(NC(=O)COc2ccc(Cl)cc2)c(=O)n(CC(=O)NCCCN2CCOCC2)c(=O)n1CC(=O)NCCCN1CCOCC1. The predicted molar refractivity (Wildman–Crippen MR) is 175 cm³/mol. The van der Waals surface area contributed by atoms with E-state index in [9.17, 15) is 24.0 Å². The molecular weight excluding hydrogens is 634 g/mol. The second-order valence-corrected chi connectivity index (χ2v) is 11.8. The highest BCUT2D eigenvalue weighted by molar-refractivity contribution is 6.30. The summed E-state index contributed by atoms with van der Waals surface area (Å²) in [7, 11) is 0. The number of hydrogen-bond donors (Lipinski definition) is 3. The maximum Gasteiger partial charge on any atom is 0.332 e. The molecule has 16 heteroatoms. The Morgan fingerprint density at radius 1 is 0.787 bits per heavy atom. The highest BCUT2D eigenvalue weighted by atomic mass is 35.5. The summed E-state index contributed by atoms with van der Waals surface area (Å²) in [5, 5.41) is 8.58. The van der Waals surface area contributed by atoms with E-state index in [2.05, 4.69) is 25.8 Å². The molecule has 2 fully saturated rings. The van der Waals surface area contributed by atoms with Gasteiger partial charge in [0.15, 0.2) is 6.61 Å². The lowest BCUT2D eigenvalue weighted by atomic mass is 10.3. The molecule has 1 aromatic heterocycles. The van der Waals surface area contributed by atoms with Crippen LogP contribution in [0.5, 0.6) is 5.75 Å². The van der Waals surface area contributed by atoms with Crippen LogP contribution in [-0.4, -0.2) is 122 Å². The van der Waals surface area contributed by atoms with Crippen LogP contribution in [0.2, 0.25) is 5.02 Å². The first-order valence-electron chi connectivity index (χ1n) is 15.9. The summed E-state index contributed by atoms with van der Waals surface area (Å²) in [5.41, 5.74) is -1.85. The molecular formula is C31H44ClN7O8. The number of carbonyl (C=O) groups is 3. The van der Waals surface area contributed by atoms with E-state index in [1.807, 2.05) is 0 Å². The molecule has 1 aromatic carbocycles. The Morgan fingerprint density at radius 3 is 1.83 bits per heavy atom. The van der Waals surface area contributed by atoms with Crippen LogP contribution < -0.4 is 31.9 Å². The Balaban J connectivity index is 1.42. The van der Waals surface area contributed by atoms with E-state index in [1.54, 1.807) is 24.3 Å². The molecule has 0 saturated carbocycles. The largest absolute Gasteiger partial charge is 0.484 e. The van der Waals surface area contributed by atoms with Gasteiger partial charge in [-0.05, 0) is 57.1 Å². The molecule has 0 radical (unpaired) electrons. The van der Waals surface area contributed by atoms with Crippen molar-refractivity contribution in [2.45, 2.75) is 32.9 Å². The average Bonchev–Trinajstić information content (AvgIpc) is 3.08. The Morgan fingerprint density at radius 2 is 1.30 bits per heavy atom. The third kappa shape index (κ3) is 11.5. The fourth-order valence-corrected chi connectivity index (χ4v) is 5.36. The second-order valence-electron chi connectivity index (χ2n) is 11.3. The van der Waals surface area contributed by atoms with Crippen molar-refractivity contribution >= 4 is 35.0 Å². The van der Waals surface area contributed by atoms with Crippen molar-refractivity contribution in [2.24, 2.45) is 0 Å². The molecule has 2 saturated heterocycles. The number of halogens is 1. The van der Waals surface area contributed by atoms with Gasteiger partial charge in [0.1, 0.15) is 24.5 Å². The number of aromatic nitrogens is 2. The van der Waals surface area contributed by atoms with Crippen molar-refractivity contribution in [3.05, 3.63) is 55.8 Å². The zero-order valence-electron chi connectivity index (χ0n) is 26.8. The van der Waals surface area contributed by atoms with Crippen LogP contribution in [0.1, 0.15) is 18.5 Å². The smallest absolute Gasteiger partial charge is 0.332 e. The monoisotopic (exact) mass is 677 g/mol. The van der Waals surface area contributed by atoms with Crippen LogP contribution in [0.3, 0.4) is 0 Å². The number of nitrogens with one attached hydrogen (secondary N) is 3. The quantitative estimate of drug-likeness (QED) is 0.200. The summed E-state index contributed by atoms with van der Waals surface area (Å²) in [4.78, 5) is 70.1. The molecule has 3 heterocycles. The summed E-state index contributed by atoms with van der Waals surface area (Å²) in [6.45, 7) is 8.38. The maximum absolute atomic E-state index is 13.5. The summed E-state index contributed by atoms with van der Waals surface area (Å²) in [5.74, 6) is -1.27. The van der Waals surface area contributed by atoms with Gasteiger partial charge in [0.05, 0.1) is 26.4 Å². The first-order chi connectivity index (χ1) is 22.7. The first kappa shape index (κ1) is 36.1. The molecule has 0 aliphatic carbocycles. The van der Waals surface area contributed by atoms with Gasteiger partial charge in [-0.1, -0.05) is 11.6 Å². The van der Waals surface area contributed by atoms with Crippen LogP contribution in [0.25, 0.3) is 0 Å². The molecule has 4 rings (SSSR count). The Hall–Kier alpha value is -3.76. The van der Waals surface area contributed by atoms with E-state index in [1.165, 1.54) is 6.92 Å². The number of amides is 3. The molecule has 3 N–H and O–H groups in total. The van der Waals surface area contributed by atoms with E-state index >= 15 is 0 Å². The maximum atomic E-state index is 13.5. The number of nitrogens with zero attached hydrogens (tertiary/aromatic N) is 4. The minimum atomic E-state index is -0.863. The highest BCUT2D eigenvalue weighted by Gasteiger charge is 2.22. The predicted octanol–water partition coefficient (Wildman–Crippen LogP) is -0.334. The van der Waals surface area contributed by atoms with Gasteiger partial charge in [0, 0.05) is 50.0 Å². The summed E-state index contributed by atoms with van der Waals surface area (Å²) >= 11 is 5.90. The van der Waals surface area contributed by atoms with Gasteiger partial charge >= 0.3 is 5.69 Å². The van der Waals surface area contributed by atoms with Gasteiger partial charge in [0.2, 0.25) is 11.8 Å². The lowest BCUT2D eigenvalue weighted by Crippen LogP contribution is -2.47. The van der Waals surface area contributed by atoms with Crippen LogP contribution >= 0.6 is 11.6 Å². The molecule has 0 unspecified atom stereocenters. The lowest BCUT2D eigenvalue weighted by molar-refractivity contribution is -0.122. The number of rotatable bonds is 16.